The average Bonchev–Trinajstić information content (AvgIpc) is 2.73. The van der Waals surface area contributed by atoms with Crippen molar-refractivity contribution in [1.29, 1.82) is 0 Å². The Morgan fingerprint density at radius 3 is 3.07 bits per heavy atom. The van der Waals surface area contributed by atoms with Crippen LogP contribution < -0.4 is 4.74 Å². The number of hydrogen-bond acceptors (Lipinski definition) is 3. The number of hydrogen-bond donors (Lipinski definition) is 0. The molecule has 1 aliphatic rings. The minimum absolute atomic E-state index is 0.00923. The van der Waals surface area contributed by atoms with Gasteiger partial charge >= 0.3 is 0 Å². The largest absolute Gasteiger partial charge is 0.488 e. The summed E-state index contributed by atoms with van der Waals surface area (Å²) in [6.07, 6.45) is 1.32. The number of aldehydes is 1. The molecule has 15 heavy (non-hydrogen) atoms. The predicted molar refractivity (Wildman–Crippen MR) is 51.6 cm³/mol. The van der Waals surface area contributed by atoms with Crippen molar-refractivity contribution in [2.45, 2.75) is 12.5 Å². The zero-order valence-corrected chi connectivity index (χ0v) is 8.11. The van der Waals surface area contributed by atoms with Crippen molar-refractivity contribution >= 4 is 6.29 Å². The summed E-state index contributed by atoms with van der Waals surface area (Å²) in [5.74, 6) is -0.0194. The topological polar surface area (TPSA) is 35.5 Å². The van der Waals surface area contributed by atoms with E-state index in [1.54, 1.807) is 0 Å². The number of rotatable bonds is 3. The van der Waals surface area contributed by atoms with E-state index < -0.39 is 5.82 Å². The third kappa shape index (κ3) is 2.33. The molecule has 0 spiro atoms. The highest BCUT2D eigenvalue weighted by Crippen LogP contribution is 2.19. The van der Waals surface area contributed by atoms with Crippen LogP contribution >= 0.6 is 0 Å². The van der Waals surface area contributed by atoms with E-state index in [0.717, 1.165) is 6.42 Å². The first kappa shape index (κ1) is 10.1. The Morgan fingerprint density at radius 1 is 1.53 bits per heavy atom. The van der Waals surface area contributed by atoms with E-state index in [1.807, 2.05) is 0 Å². The van der Waals surface area contributed by atoms with E-state index >= 15 is 0 Å². The van der Waals surface area contributed by atoms with E-state index in [4.69, 9.17) is 9.47 Å². The molecule has 1 unspecified atom stereocenters. The van der Waals surface area contributed by atoms with Crippen molar-refractivity contribution in [2.75, 3.05) is 13.2 Å². The van der Waals surface area contributed by atoms with Gasteiger partial charge in [0.1, 0.15) is 17.7 Å². The van der Waals surface area contributed by atoms with Crippen LogP contribution in [-0.4, -0.2) is 25.6 Å². The molecule has 4 heteroatoms. The Bertz CT molecular complexity index is 359. The Hall–Kier alpha value is -1.42. The number of carbonyl (C=O) groups is 1. The monoisotopic (exact) mass is 210 g/mol. The van der Waals surface area contributed by atoms with E-state index in [2.05, 4.69) is 0 Å². The van der Waals surface area contributed by atoms with Crippen molar-refractivity contribution in [1.82, 2.24) is 0 Å². The third-order valence-corrected chi connectivity index (χ3v) is 2.29. The highest BCUT2D eigenvalue weighted by molar-refractivity contribution is 5.75. The molecule has 1 heterocycles. The first-order valence-electron chi connectivity index (χ1n) is 4.79. The van der Waals surface area contributed by atoms with Crippen molar-refractivity contribution < 1.29 is 18.7 Å². The number of benzene rings is 1. The maximum absolute atomic E-state index is 13.0. The second-order valence-electron chi connectivity index (χ2n) is 3.40. The minimum atomic E-state index is -0.528. The van der Waals surface area contributed by atoms with Gasteiger partial charge in [-0.15, -0.1) is 0 Å². The lowest BCUT2D eigenvalue weighted by molar-refractivity contribution is 0.111. The van der Waals surface area contributed by atoms with Crippen molar-refractivity contribution in [3.63, 3.8) is 0 Å². The molecule has 0 radical (unpaired) electrons. The standard InChI is InChI=1S/C11H11FO3/c12-11-2-1-9(5-8(11)6-13)15-10-3-4-14-7-10/h1-2,5-6,10H,3-4,7H2. The summed E-state index contributed by atoms with van der Waals surface area (Å²) < 4.78 is 23.6. The van der Waals surface area contributed by atoms with Crippen LogP contribution in [0.3, 0.4) is 0 Å². The van der Waals surface area contributed by atoms with Gasteiger partial charge in [0.2, 0.25) is 0 Å². The van der Waals surface area contributed by atoms with Crippen LogP contribution in [0.15, 0.2) is 18.2 Å². The lowest BCUT2D eigenvalue weighted by Crippen LogP contribution is -2.15. The van der Waals surface area contributed by atoms with Gasteiger partial charge in [0.05, 0.1) is 18.8 Å². The number of ether oxygens (including phenoxy) is 2. The summed E-state index contributed by atoms with van der Waals surface area (Å²) in [7, 11) is 0. The molecule has 80 valence electrons. The van der Waals surface area contributed by atoms with Crippen molar-refractivity contribution in [3.8, 4) is 5.75 Å². The fourth-order valence-electron chi connectivity index (χ4n) is 1.48. The molecule has 0 aromatic heterocycles. The highest BCUT2D eigenvalue weighted by Gasteiger charge is 2.17. The first-order valence-corrected chi connectivity index (χ1v) is 4.79. The number of halogens is 1. The van der Waals surface area contributed by atoms with Gasteiger partial charge in [-0.05, 0) is 18.2 Å². The zero-order chi connectivity index (χ0) is 10.7. The molecule has 2 rings (SSSR count). The van der Waals surface area contributed by atoms with Gasteiger partial charge in [0.25, 0.3) is 0 Å². The van der Waals surface area contributed by atoms with Gasteiger partial charge < -0.3 is 9.47 Å². The van der Waals surface area contributed by atoms with Gasteiger partial charge in [-0.1, -0.05) is 0 Å². The summed E-state index contributed by atoms with van der Waals surface area (Å²) >= 11 is 0. The van der Waals surface area contributed by atoms with Crippen molar-refractivity contribution in [2.24, 2.45) is 0 Å². The molecule has 0 N–H and O–H groups in total. The second kappa shape index (κ2) is 4.40. The predicted octanol–water partition coefficient (Wildman–Crippen LogP) is 1.81. The molecule has 1 aromatic carbocycles. The van der Waals surface area contributed by atoms with Gasteiger partial charge in [0.15, 0.2) is 6.29 Å². The smallest absolute Gasteiger partial charge is 0.153 e. The van der Waals surface area contributed by atoms with Crippen LogP contribution in [0.4, 0.5) is 4.39 Å². The maximum Gasteiger partial charge on any atom is 0.153 e. The normalized spacial score (nSPS) is 20.2. The third-order valence-electron chi connectivity index (χ3n) is 2.29. The van der Waals surface area contributed by atoms with E-state index in [-0.39, 0.29) is 11.7 Å². The number of carbonyl (C=O) groups excluding carboxylic acids is 1. The molecule has 1 saturated heterocycles. The fraction of sp³-hybridized carbons (Fsp3) is 0.364. The minimum Gasteiger partial charge on any atom is -0.488 e. The maximum atomic E-state index is 13.0. The van der Waals surface area contributed by atoms with Crippen LogP contribution in [0, 0.1) is 5.82 Å². The molecule has 1 aromatic rings. The van der Waals surface area contributed by atoms with Crippen LogP contribution in [0.5, 0.6) is 5.75 Å². The lowest BCUT2D eigenvalue weighted by Gasteiger charge is -2.11. The fourth-order valence-corrected chi connectivity index (χ4v) is 1.48. The van der Waals surface area contributed by atoms with Crippen LogP contribution in [0.1, 0.15) is 16.8 Å². The Morgan fingerprint density at radius 2 is 2.40 bits per heavy atom. The quantitative estimate of drug-likeness (QED) is 0.714. The lowest BCUT2D eigenvalue weighted by atomic mass is 10.2. The van der Waals surface area contributed by atoms with Gasteiger partial charge in [-0.25, -0.2) is 4.39 Å². The zero-order valence-electron chi connectivity index (χ0n) is 8.11. The average molecular weight is 210 g/mol. The molecule has 3 nitrogen and oxygen atoms in total. The molecule has 1 atom stereocenters. The summed E-state index contributed by atoms with van der Waals surface area (Å²) in [4.78, 5) is 10.5. The Kier molecular flexibility index (Phi) is 2.97. The van der Waals surface area contributed by atoms with Gasteiger partial charge in [-0.3, -0.25) is 4.79 Å². The van der Waals surface area contributed by atoms with Crippen LogP contribution in [-0.2, 0) is 4.74 Å². The second-order valence-corrected chi connectivity index (χ2v) is 3.40. The molecule has 1 aliphatic heterocycles. The summed E-state index contributed by atoms with van der Waals surface area (Å²) in [6.45, 7) is 1.24. The SMILES string of the molecule is O=Cc1cc(OC2CCOC2)ccc1F. The molecular weight excluding hydrogens is 199 g/mol. The molecule has 1 fully saturated rings. The Labute approximate surface area is 86.8 Å². The van der Waals surface area contributed by atoms with E-state index in [9.17, 15) is 9.18 Å². The summed E-state index contributed by atoms with van der Waals surface area (Å²) in [6, 6.07) is 4.15. The van der Waals surface area contributed by atoms with Gasteiger partial charge in [-0.2, -0.15) is 0 Å². The summed E-state index contributed by atoms with van der Waals surface area (Å²) in [5, 5.41) is 0. The van der Waals surface area contributed by atoms with Crippen molar-refractivity contribution in [3.05, 3.63) is 29.6 Å². The Balaban J connectivity index is 2.10. The van der Waals surface area contributed by atoms with Crippen LogP contribution in [0.25, 0.3) is 0 Å². The molecular formula is C11H11FO3. The van der Waals surface area contributed by atoms with E-state index in [0.29, 0.717) is 25.2 Å². The summed E-state index contributed by atoms with van der Waals surface area (Å²) in [5.41, 5.74) is 0.0198. The molecule has 0 aliphatic carbocycles. The first-order chi connectivity index (χ1) is 7.29. The molecule has 0 saturated carbocycles. The van der Waals surface area contributed by atoms with E-state index in [1.165, 1.54) is 18.2 Å². The highest BCUT2D eigenvalue weighted by atomic mass is 19.1. The van der Waals surface area contributed by atoms with Crippen LogP contribution in [0.2, 0.25) is 0 Å². The van der Waals surface area contributed by atoms with Gasteiger partial charge in [0, 0.05) is 6.42 Å². The molecule has 0 amide bonds. The molecule has 0 bridgehead atoms.